The molecule has 4 aromatic rings. The van der Waals surface area contributed by atoms with Crippen LogP contribution in [0.1, 0.15) is 5.56 Å². The molecule has 0 unspecified atom stereocenters. The van der Waals surface area contributed by atoms with Crippen LogP contribution in [-0.2, 0) is 4.79 Å². The van der Waals surface area contributed by atoms with Gasteiger partial charge in [0.15, 0.2) is 18.1 Å². The first-order chi connectivity index (χ1) is 15.5. The number of aryl methyl sites for hydroxylation is 1. The van der Waals surface area contributed by atoms with E-state index in [-0.39, 0.29) is 12.5 Å². The van der Waals surface area contributed by atoms with E-state index in [4.69, 9.17) is 30.8 Å². The first-order valence-corrected chi connectivity index (χ1v) is 10.3. The summed E-state index contributed by atoms with van der Waals surface area (Å²) < 4.78 is 18.2. The smallest absolute Gasteiger partial charge is 0.263 e. The maximum atomic E-state index is 12.7. The number of methoxy groups -OCH3 is 2. The first-order valence-electron chi connectivity index (χ1n) is 9.88. The van der Waals surface area contributed by atoms with E-state index in [0.717, 1.165) is 11.1 Å². The average Bonchev–Trinajstić information content (AvgIpc) is 3.15. The van der Waals surface area contributed by atoms with Crippen LogP contribution < -0.4 is 19.5 Å². The number of hydrogen-bond acceptors (Lipinski definition) is 5. The van der Waals surface area contributed by atoms with Crippen LogP contribution in [0.4, 0.5) is 5.82 Å². The van der Waals surface area contributed by atoms with Crippen molar-refractivity contribution in [3.05, 3.63) is 71.4 Å². The standard InChI is InChI=1S/C24H22ClN3O4/c1-15-4-11-21-26-23(16-5-10-19(30-2)20(12-16)31-3)24(28(21)13-15)27-22(29)14-32-18-8-6-17(25)7-9-18/h4-13H,14H2,1-3H3,(H,27,29). The molecule has 0 aliphatic carbocycles. The monoisotopic (exact) mass is 451 g/mol. The van der Waals surface area contributed by atoms with Gasteiger partial charge in [0.2, 0.25) is 0 Å². The number of amides is 1. The molecule has 2 aromatic carbocycles. The molecule has 164 valence electrons. The van der Waals surface area contributed by atoms with Crippen molar-refractivity contribution in [2.45, 2.75) is 6.92 Å². The second-order valence-corrected chi connectivity index (χ2v) is 7.54. The molecule has 0 radical (unpaired) electrons. The quantitative estimate of drug-likeness (QED) is 0.428. The van der Waals surface area contributed by atoms with E-state index >= 15 is 0 Å². The predicted molar refractivity (Wildman–Crippen MR) is 124 cm³/mol. The minimum absolute atomic E-state index is 0.161. The summed E-state index contributed by atoms with van der Waals surface area (Å²) in [5.41, 5.74) is 3.12. The van der Waals surface area contributed by atoms with Gasteiger partial charge in [-0.1, -0.05) is 17.7 Å². The minimum atomic E-state index is -0.315. The SMILES string of the molecule is COc1ccc(-c2nc3ccc(C)cn3c2NC(=O)COc2ccc(Cl)cc2)cc1OC. The van der Waals surface area contributed by atoms with Crippen LogP contribution in [-0.4, -0.2) is 36.1 Å². The van der Waals surface area contributed by atoms with Crippen molar-refractivity contribution in [3.8, 4) is 28.5 Å². The van der Waals surface area contributed by atoms with Crippen LogP contribution in [0.5, 0.6) is 17.2 Å². The fourth-order valence-electron chi connectivity index (χ4n) is 3.30. The fraction of sp³-hybridized carbons (Fsp3) is 0.167. The van der Waals surface area contributed by atoms with E-state index in [1.165, 1.54) is 0 Å². The number of imidazole rings is 1. The normalized spacial score (nSPS) is 10.8. The number of fused-ring (bicyclic) bond motifs is 1. The lowest BCUT2D eigenvalue weighted by atomic mass is 10.1. The maximum absolute atomic E-state index is 12.7. The van der Waals surface area contributed by atoms with Crippen molar-refractivity contribution < 1.29 is 19.0 Å². The van der Waals surface area contributed by atoms with Crippen molar-refractivity contribution in [1.82, 2.24) is 9.38 Å². The Labute approximate surface area is 190 Å². The summed E-state index contributed by atoms with van der Waals surface area (Å²) in [6, 6.07) is 16.2. The van der Waals surface area contributed by atoms with Gasteiger partial charge < -0.3 is 19.5 Å². The summed E-state index contributed by atoms with van der Waals surface area (Å²) in [6.45, 7) is 1.82. The molecule has 7 nitrogen and oxygen atoms in total. The first kappa shape index (κ1) is 21.5. The molecular formula is C24H22ClN3O4. The number of halogens is 1. The molecule has 0 fully saturated rings. The van der Waals surface area contributed by atoms with Gasteiger partial charge in [-0.2, -0.15) is 0 Å². The fourth-order valence-corrected chi connectivity index (χ4v) is 3.43. The molecule has 2 aromatic heterocycles. The lowest BCUT2D eigenvalue weighted by Crippen LogP contribution is -2.21. The van der Waals surface area contributed by atoms with Crippen molar-refractivity contribution in [2.24, 2.45) is 0 Å². The third kappa shape index (κ3) is 4.48. The lowest BCUT2D eigenvalue weighted by Gasteiger charge is -2.11. The largest absolute Gasteiger partial charge is 0.493 e. The number of carbonyl (C=O) groups excluding carboxylic acids is 1. The lowest BCUT2D eigenvalue weighted by molar-refractivity contribution is -0.118. The summed E-state index contributed by atoms with van der Waals surface area (Å²) in [5, 5.41) is 3.54. The Kier molecular flexibility index (Phi) is 6.18. The second-order valence-electron chi connectivity index (χ2n) is 7.10. The molecule has 0 spiro atoms. The Balaban J connectivity index is 1.67. The van der Waals surface area contributed by atoms with Gasteiger partial charge >= 0.3 is 0 Å². The van der Waals surface area contributed by atoms with E-state index in [1.807, 2.05) is 41.8 Å². The molecular weight excluding hydrogens is 430 g/mol. The Morgan fingerprint density at radius 3 is 2.50 bits per heavy atom. The number of pyridine rings is 1. The average molecular weight is 452 g/mol. The van der Waals surface area contributed by atoms with Crippen molar-refractivity contribution >= 4 is 29.0 Å². The molecule has 0 aliphatic rings. The van der Waals surface area contributed by atoms with Crippen molar-refractivity contribution in [3.63, 3.8) is 0 Å². The Hall–Kier alpha value is -3.71. The van der Waals surface area contributed by atoms with E-state index in [0.29, 0.717) is 39.4 Å². The van der Waals surface area contributed by atoms with Crippen LogP contribution in [0.25, 0.3) is 16.9 Å². The van der Waals surface area contributed by atoms with Crippen LogP contribution in [0.15, 0.2) is 60.8 Å². The number of hydrogen-bond donors (Lipinski definition) is 1. The number of carbonyl (C=O) groups is 1. The van der Waals surface area contributed by atoms with Crippen molar-refractivity contribution in [2.75, 3.05) is 26.1 Å². The molecule has 4 rings (SSSR count). The van der Waals surface area contributed by atoms with Crippen LogP contribution >= 0.6 is 11.6 Å². The third-order valence-electron chi connectivity index (χ3n) is 4.86. The molecule has 0 atom stereocenters. The van der Waals surface area contributed by atoms with E-state index in [2.05, 4.69) is 5.32 Å². The van der Waals surface area contributed by atoms with E-state index < -0.39 is 0 Å². The highest BCUT2D eigenvalue weighted by Gasteiger charge is 2.18. The van der Waals surface area contributed by atoms with Crippen LogP contribution in [0.3, 0.4) is 0 Å². The summed E-state index contributed by atoms with van der Waals surface area (Å²) in [4.78, 5) is 17.5. The highest BCUT2D eigenvalue weighted by molar-refractivity contribution is 6.30. The molecule has 0 bridgehead atoms. The minimum Gasteiger partial charge on any atom is -0.493 e. The maximum Gasteiger partial charge on any atom is 0.263 e. The zero-order chi connectivity index (χ0) is 22.7. The van der Waals surface area contributed by atoms with Gasteiger partial charge in [0.05, 0.1) is 14.2 Å². The number of ether oxygens (including phenoxy) is 3. The molecule has 1 N–H and O–H groups in total. The van der Waals surface area contributed by atoms with Gasteiger partial charge in [0.25, 0.3) is 5.91 Å². The Morgan fingerprint density at radius 2 is 1.78 bits per heavy atom. The van der Waals surface area contributed by atoms with Gasteiger partial charge in [0, 0.05) is 16.8 Å². The number of benzene rings is 2. The van der Waals surface area contributed by atoms with Gasteiger partial charge in [-0.05, 0) is 61.0 Å². The van der Waals surface area contributed by atoms with Crippen LogP contribution in [0, 0.1) is 6.92 Å². The van der Waals surface area contributed by atoms with Gasteiger partial charge in [-0.15, -0.1) is 0 Å². The number of anilines is 1. The molecule has 0 saturated heterocycles. The Bertz CT molecular complexity index is 1270. The number of aromatic nitrogens is 2. The van der Waals surface area contributed by atoms with Crippen LogP contribution in [0.2, 0.25) is 5.02 Å². The number of nitrogens with zero attached hydrogens (tertiary/aromatic N) is 2. The second kappa shape index (κ2) is 9.20. The van der Waals surface area contributed by atoms with E-state index in [9.17, 15) is 4.79 Å². The Morgan fingerprint density at radius 1 is 1.03 bits per heavy atom. The molecule has 8 heteroatoms. The molecule has 32 heavy (non-hydrogen) atoms. The summed E-state index contributed by atoms with van der Waals surface area (Å²) in [7, 11) is 3.16. The van der Waals surface area contributed by atoms with Gasteiger partial charge in [-0.3, -0.25) is 9.20 Å². The molecule has 0 aliphatic heterocycles. The van der Waals surface area contributed by atoms with E-state index in [1.54, 1.807) is 44.6 Å². The number of nitrogens with one attached hydrogen (secondary N) is 1. The predicted octanol–water partition coefficient (Wildman–Crippen LogP) is 5.00. The van der Waals surface area contributed by atoms with Crippen molar-refractivity contribution in [1.29, 1.82) is 0 Å². The van der Waals surface area contributed by atoms with Gasteiger partial charge in [-0.25, -0.2) is 4.98 Å². The molecule has 1 amide bonds. The third-order valence-corrected chi connectivity index (χ3v) is 5.12. The highest BCUT2D eigenvalue weighted by Crippen LogP contribution is 2.35. The van der Waals surface area contributed by atoms with Gasteiger partial charge in [0.1, 0.15) is 22.9 Å². The molecule has 0 saturated carbocycles. The zero-order valence-electron chi connectivity index (χ0n) is 17.9. The molecule has 2 heterocycles. The summed E-state index contributed by atoms with van der Waals surface area (Å²) in [5.74, 6) is 1.96. The number of rotatable bonds is 7. The zero-order valence-corrected chi connectivity index (χ0v) is 18.6. The summed E-state index contributed by atoms with van der Waals surface area (Å²) in [6.07, 6.45) is 1.92. The summed E-state index contributed by atoms with van der Waals surface area (Å²) >= 11 is 5.89. The topological polar surface area (TPSA) is 74.1 Å². The highest BCUT2D eigenvalue weighted by atomic mass is 35.5.